The number of rotatable bonds is 3. The van der Waals surface area contributed by atoms with Gasteiger partial charge in [0.05, 0.1) is 0 Å². The second-order valence-corrected chi connectivity index (χ2v) is 6.58. The van der Waals surface area contributed by atoms with Gasteiger partial charge in [0, 0.05) is 0 Å². The van der Waals surface area contributed by atoms with E-state index in [1.807, 2.05) is 0 Å². The molecular formula is C14H20N2O7. The van der Waals surface area contributed by atoms with E-state index in [1.54, 1.807) is 27.7 Å². The van der Waals surface area contributed by atoms with Crippen LogP contribution in [0.4, 0.5) is 0 Å². The number of esters is 1. The first-order valence-electron chi connectivity index (χ1n) is 7.42. The highest BCUT2D eigenvalue weighted by atomic mass is 16.9. The highest BCUT2D eigenvalue weighted by molar-refractivity contribution is 6.20. The summed E-state index contributed by atoms with van der Waals surface area (Å²) in [5.41, 5.74) is 8.33. The fraction of sp³-hybridized carbons (Fsp3) is 0.857. The van der Waals surface area contributed by atoms with Crippen LogP contribution >= 0.6 is 0 Å². The smallest absolute Gasteiger partial charge is 0.413 e. The van der Waals surface area contributed by atoms with E-state index in [-0.39, 0.29) is 6.61 Å². The van der Waals surface area contributed by atoms with Gasteiger partial charge in [0.25, 0.3) is 0 Å². The fourth-order valence-corrected chi connectivity index (χ4v) is 3.08. The summed E-state index contributed by atoms with van der Waals surface area (Å²) in [4.78, 5) is 13.9. The molecule has 0 aromatic carbocycles. The average Bonchev–Trinajstić information content (AvgIpc) is 2.90. The van der Waals surface area contributed by atoms with Crippen molar-refractivity contribution in [1.82, 2.24) is 0 Å². The number of hydrogen-bond acceptors (Lipinski definition) is 7. The van der Waals surface area contributed by atoms with Crippen LogP contribution in [0.2, 0.25) is 0 Å². The molecular weight excluding hydrogens is 308 g/mol. The summed E-state index contributed by atoms with van der Waals surface area (Å²) >= 11 is 0. The summed E-state index contributed by atoms with van der Waals surface area (Å²) in [7, 11) is 0. The predicted molar refractivity (Wildman–Crippen MR) is 73.2 cm³/mol. The maximum absolute atomic E-state index is 11.3. The molecule has 0 amide bonds. The van der Waals surface area contributed by atoms with Gasteiger partial charge in [0.15, 0.2) is 17.9 Å². The van der Waals surface area contributed by atoms with Crippen molar-refractivity contribution >= 4 is 12.2 Å². The highest BCUT2D eigenvalue weighted by Crippen LogP contribution is 2.44. The molecule has 3 heterocycles. The van der Waals surface area contributed by atoms with Gasteiger partial charge in [-0.15, -0.1) is 0 Å². The standard InChI is InChI=1S/C14H20N2O7/c1-13(2)20-9-7(6-18-8(17)5-16-15)19-12-11(10(9)21-13)22-14(3,4)23-12/h5,7,9-12H,6H2,1-4H3/t7?,9-,10?,11?,12+/m0/s1. The van der Waals surface area contributed by atoms with Gasteiger partial charge in [-0.1, -0.05) is 0 Å². The third-order valence-corrected chi connectivity index (χ3v) is 3.80. The molecule has 3 aliphatic rings. The van der Waals surface area contributed by atoms with Crippen LogP contribution in [0.1, 0.15) is 27.7 Å². The van der Waals surface area contributed by atoms with Gasteiger partial charge in [-0.2, -0.15) is 4.79 Å². The SMILES string of the molecule is CC1(C)OC2C3OC(C)(C)O[C@H]3C(COC(=O)C=[N+]=[N-])O[C@@H]2O1. The van der Waals surface area contributed by atoms with Gasteiger partial charge in [0.1, 0.15) is 31.0 Å². The molecule has 0 N–H and O–H groups in total. The maximum atomic E-state index is 11.3. The number of hydrogen-bond donors (Lipinski definition) is 0. The topological polar surface area (TPSA) is 109 Å². The first kappa shape index (κ1) is 16.5. The first-order valence-corrected chi connectivity index (χ1v) is 7.42. The summed E-state index contributed by atoms with van der Waals surface area (Å²) in [5.74, 6) is -2.39. The van der Waals surface area contributed by atoms with Crippen molar-refractivity contribution in [3.05, 3.63) is 5.53 Å². The molecule has 3 unspecified atom stereocenters. The van der Waals surface area contributed by atoms with Crippen molar-refractivity contribution in [3.63, 3.8) is 0 Å². The van der Waals surface area contributed by atoms with Crippen LogP contribution in [0, 0.1) is 0 Å². The van der Waals surface area contributed by atoms with E-state index in [9.17, 15) is 4.79 Å². The Morgan fingerprint density at radius 1 is 1.09 bits per heavy atom. The van der Waals surface area contributed by atoms with Gasteiger partial charge in [-0.25, -0.2) is 4.79 Å². The van der Waals surface area contributed by atoms with E-state index in [4.69, 9.17) is 34.0 Å². The third-order valence-electron chi connectivity index (χ3n) is 3.80. The van der Waals surface area contributed by atoms with Crippen molar-refractivity contribution in [2.45, 2.75) is 70.0 Å². The van der Waals surface area contributed by atoms with Crippen molar-refractivity contribution in [3.8, 4) is 0 Å². The minimum Gasteiger partial charge on any atom is -0.454 e. The molecule has 9 nitrogen and oxygen atoms in total. The molecule has 0 aliphatic carbocycles. The van der Waals surface area contributed by atoms with Gasteiger partial charge in [-0.3, -0.25) is 0 Å². The van der Waals surface area contributed by atoms with Crippen molar-refractivity contribution < 1.29 is 38.0 Å². The van der Waals surface area contributed by atoms with Crippen molar-refractivity contribution in [2.24, 2.45) is 0 Å². The van der Waals surface area contributed by atoms with E-state index in [0.29, 0.717) is 6.21 Å². The van der Waals surface area contributed by atoms with E-state index >= 15 is 0 Å². The van der Waals surface area contributed by atoms with Crippen molar-refractivity contribution in [2.75, 3.05) is 6.61 Å². The number of ether oxygens (including phenoxy) is 6. The zero-order valence-electron chi connectivity index (χ0n) is 13.4. The van der Waals surface area contributed by atoms with Crippen LogP contribution in [0.25, 0.3) is 5.53 Å². The van der Waals surface area contributed by atoms with Crippen LogP contribution in [0.5, 0.6) is 0 Å². The molecule has 3 fully saturated rings. The molecule has 3 rings (SSSR count). The Bertz CT molecular complexity index is 543. The molecule has 9 heteroatoms. The van der Waals surface area contributed by atoms with E-state index in [2.05, 4.69) is 4.79 Å². The zero-order valence-corrected chi connectivity index (χ0v) is 13.4. The first-order chi connectivity index (χ1) is 10.7. The Morgan fingerprint density at radius 2 is 1.70 bits per heavy atom. The minimum atomic E-state index is -0.807. The van der Waals surface area contributed by atoms with Crippen LogP contribution in [0.15, 0.2) is 0 Å². The summed E-state index contributed by atoms with van der Waals surface area (Å²) in [6.45, 7) is 7.08. The molecule has 0 radical (unpaired) electrons. The number of carbonyl (C=O) groups excluding carboxylic acids is 1. The molecule has 128 valence electrons. The Morgan fingerprint density at radius 3 is 2.39 bits per heavy atom. The third kappa shape index (κ3) is 3.30. The molecule has 3 saturated heterocycles. The Balaban J connectivity index is 1.76. The summed E-state index contributed by atoms with van der Waals surface area (Å²) in [5, 5.41) is 0. The Labute approximate surface area is 133 Å². The number of fused-ring (bicyclic) bond motifs is 3. The lowest BCUT2D eigenvalue weighted by atomic mass is 9.99. The quantitative estimate of drug-likeness (QED) is 0.316. The van der Waals surface area contributed by atoms with Gasteiger partial charge in [0.2, 0.25) is 0 Å². The van der Waals surface area contributed by atoms with Crippen LogP contribution in [-0.4, -0.2) is 65.9 Å². The minimum absolute atomic E-state index is 0.0849. The fourth-order valence-electron chi connectivity index (χ4n) is 3.08. The molecule has 0 bridgehead atoms. The lowest BCUT2D eigenvalue weighted by Crippen LogP contribution is -2.56. The molecule has 0 aromatic rings. The normalized spacial score (nSPS) is 39.9. The highest BCUT2D eigenvalue weighted by Gasteiger charge is 2.60. The van der Waals surface area contributed by atoms with Gasteiger partial charge < -0.3 is 34.0 Å². The van der Waals surface area contributed by atoms with Gasteiger partial charge >= 0.3 is 12.2 Å². The summed E-state index contributed by atoms with van der Waals surface area (Å²) < 4.78 is 34.2. The Hall–Kier alpha value is -1.35. The number of nitrogens with zero attached hydrogens (tertiary/aromatic N) is 2. The molecule has 0 saturated carbocycles. The molecule has 3 aliphatic heterocycles. The van der Waals surface area contributed by atoms with E-state index in [0.717, 1.165) is 0 Å². The molecule has 5 atom stereocenters. The Kier molecular flexibility index (Phi) is 4.04. The van der Waals surface area contributed by atoms with Gasteiger partial charge in [-0.05, 0) is 27.7 Å². The number of carbonyl (C=O) groups is 1. The summed E-state index contributed by atoms with van der Waals surface area (Å²) in [6, 6.07) is 0. The van der Waals surface area contributed by atoms with Crippen LogP contribution < -0.4 is 0 Å². The second-order valence-electron chi connectivity index (χ2n) is 6.58. The lowest BCUT2D eigenvalue weighted by Gasteiger charge is -2.36. The maximum Gasteiger partial charge on any atom is 0.413 e. The molecule has 0 spiro atoms. The molecule has 0 aromatic heterocycles. The van der Waals surface area contributed by atoms with Crippen LogP contribution in [0.3, 0.4) is 0 Å². The predicted octanol–water partition coefficient (Wildman–Crippen LogP) is 0.227. The average molecular weight is 328 g/mol. The van der Waals surface area contributed by atoms with Crippen molar-refractivity contribution in [1.29, 1.82) is 0 Å². The van der Waals surface area contributed by atoms with E-state index < -0.39 is 48.2 Å². The van der Waals surface area contributed by atoms with Crippen LogP contribution in [-0.2, 0) is 33.2 Å². The van der Waals surface area contributed by atoms with E-state index in [1.165, 1.54) is 0 Å². The largest absolute Gasteiger partial charge is 0.454 e. The monoisotopic (exact) mass is 328 g/mol. The second kappa shape index (κ2) is 5.62. The lowest BCUT2D eigenvalue weighted by molar-refractivity contribution is -0.241. The summed E-state index contributed by atoms with van der Waals surface area (Å²) in [6.07, 6.45) is -1.86. The zero-order chi connectivity index (χ0) is 16.8. The molecule has 23 heavy (non-hydrogen) atoms.